The van der Waals surface area contributed by atoms with Gasteiger partial charge < -0.3 is 24.0 Å². The Kier molecular flexibility index (Phi) is 9.27. The summed E-state index contributed by atoms with van der Waals surface area (Å²) < 4.78 is 15.7. The standard InChI is InChI=1S/C28H35N3O6S/c1-5-36-26(33)21-10-12-30(13-11-21)23(32)16-22-17-38-28-29-19(3)24(27(34)37-15-14-35-4)25(31(22)28)20-8-6-18(2)7-9-20/h6-9,17,21,25H,5,10-16H2,1-4H3/t25-/m1/s1. The maximum absolute atomic E-state index is 13.3. The molecule has 0 aliphatic carbocycles. The fourth-order valence-electron chi connectivity index (χ4n) is 4.88. The number of benzene rings is 1. The minimum absolute atomic E-state index is 0.0152. The zero-order valence-corrected chi connectivity index (χ0v) is 23.2. The number of amidine groups is 1. The lowest BCUT2D eigenvalue weighted by atomic mass is 9.93. The van der Waals surface area contributed by atoms with Crippen LogP contribution in [0.2, 0.25) is 0 Å². The van der Waals surface area contributed by atoms with Crippen LogP contribution < -0.4 is 0 Å². The minimum atomic E-state index is -0.471. The van der Waals surface area contributed by atoms with Gasteiger partial charge >= 0.3 is 11.9 Å². The number of esters is 2. The summed E-state index contributed by atoms with van der Waals surface area (Å²) in [7, 11) is 1.56. The largest absolute Gasteiger partial charge is 0.466 e. The van der Waals surface area contributed by atoms with Gasteiger partial charge in [0, 0.05) is 25.9 Å². The van der Waals surface area contributed by atoms with E-state index in [9.17, 15) is 14.4 Å². The first kappa shape index (κ1) is 27.9. The lowest BCUT2D eigenvalue weighted by Gasteiger charge is -2.37. The molecule has 3 heterocycles. The summed E-state index contributed by atoms with van der Waals surface area (Å²) in [4.78, 5) is 47.2. The van der Waals surface area contributed by atoms with Crippen molar-refractivity contribution in [1.82, 2.24) is 9.80 Å². The number of carbonyl (C=O) groups excluding carboxylic acids is 3. The fraction of sp³-hybridized carbons (Fsp3) is 0.500. The zero-order chi connectivity index (χ0) is 27.2. The third kappa shape index (κ3) is 6.13. The lowest BCUT2D eigenvalue weighted by Crippen LogP contribution is -2.42. The van der Waals surface area contributed by atoms with Crippen LogP contribution in [-0.4, -0.2) is 72.8 Å². The molecule has 1 aromatic carbocycles. The molecule has 0 bridgehead atoms. The van der Waals surface area contributed by atoms with Crippen molar-refractivity contribution >= 4 is 34.8 Å². The van der Waals surface area contributed by atoms with Crippen molar-refractivity contribution < 1.29 is 28.6 Å². The summed E-state index contributed by atoms with van der Waals surface area (Å²) in [5.74, 6) is -0.807. The van der Waals surface area contributed by atoms with Gasteiger partial charge in [0.2, 0.25) is 5.91 Å². The number of likely N-dealkylation sites (tertiary alicyclic amines) is 1. The molecule has 10 heteroatoms. The molecular weight excluding hydrogens is 506 g/mol. The Hall–Kier alpha value is -3.11. The van der Waals surface area contributed by atoms with Crippen molar-refractivity contribution in [2.75, 3.05) is 40.0 Å². The Morgan fingerprint density at radius 3 is 2.42 bits per heavy atom. The predicted octanol–water partition coefficient (Wildman–Crippen LogP) is 3.95. The number of methoxy groups -OCH3 is 1. The van der Waals surface area contributed by atoms with Crippen molar-refractivity contribution in [3.05, 3.63) is 57.8 Å². The van der Waals surface area contributed by atoms with Crippen LogP contribution in [0.5, 0.6) is 0 Å². The van der Waals surface area contributed by atoms with Crippen LogP contribution in [0.3, 0.4) is 0 Å². The molecule has 1 amide bonds. The van der Waals surface area contributed by atoms with Crippen LogP contribution in [0.1, 0.15) is 50.3 Å². The van der Waals surface area contributed by atoms with E-state index in [0.29, 0.717) is 50.4 Å². The van der Waals surface area contributed by atoms with Crippen molar-refractivity contribution in [2.24, 2.45) is 10.9 Å². The number of fused-ring (bicyclic) bond motifs is 1. The van der Waals surface area contributed by atoms with Gasteiger partial charge in [-0.3, -0.25) is 9.59 Å². The van der Waals surface area contributed by atoms with E-state index in [-0.39, 0.29) is 30.8 Å². The topological polar surface area (TPSA) is 97.7 Å². The Labute approximate surface area is 227 Å². The third-order valence-electron chi connectivity index (χ3n) is 6.93. The summed E-state index contributed by atoms with van der Waals surface area (Å²) in [5, 5.41) is 2.67. The van der Waals surface area contributed by atoms with E-state index in [1.165, 1.54) is 11.8 Å². The van der Waals surface area contributed by atoms with Crippen LogP contribution in [0.25, 0.3) is 0 Å². The average molecular weight is 542 g/mol. The molecule has 0 aromatic heterocycles. The molecule has 3 aliphatic heterocycles. The van der Waals surface area contributed by atoms with Gasteiger partial charge in [0.25, 0.3) is 0 Å². The van der Waals surface area contributed by atoms with Gasteiger partial charge in [-0.1, -0.05) is 41.6 Å². The zero-order valence-electron chi connectivity index (χ0n) is 22.4. The van der Waals surface area contributed by atoms with E-state index >= 15 is 0 Å². The molecule has 0 unspecified atom stereocenters. The summed E-state index contributed by atoms with van der Waals surface area (Å²) in [6.45, 7) is 7.46. The molecule has 204 valence electrons. The predicted molar refractivity (Wildman–Crippen MR) is 145 cm³/mol. The second kappa shape index (κ2) is 12.6. The highest BCUT2D eigenvalue weighted by Crippen LogP contribution is 2.45. The lowest BCUT2D eigenvalue weighted by molar-refractivity contribution is -0.151. The van der Waals surface area contributed by atoms with Gasteiger partial charge in [0.1, 0.15) is 6.61 Å². The molecule has 1 atom stereocenters. The second-order valence-electron chi connectivity index (χ2n) is 9.52. The van der Waals surface area contributed by atoms with Gasteiger partial charge in [-0.15, -0.1) is 0 Å². The Morgan fingerprint density at radius 2 is 1.76 bits per heavy atom. The van der Waals surface area contributed by atoms with Gasteiger partial charge in [0.15, 0.2) is 5.17 Å². The maximum Gasteiger partial charge on any atom is 0.338 e. The first-order valence-corrected chi connectivity index (χ1v) is 13.8. The second-order valence-corrected chi connectivity index (χ2v) is 10.4. The normalized spacial score (nSPS) is 19.6. The van der Waals surface area contributed by atoms with Crippen LogP contribution in [0.15, 0.2) is 51.6 Å². The van der Waals surface area contributed by atoms with E-state index in [1.54, 1.807) is 14.0 Å². The summed E-state index contributed by atoms with van der Waals surface area (Å²) >= 11 is 1.45. The molecule has 0 N–H and O–H groups in total. The molecule has 4 rings (SSSR count). The number of nitrogens with zero attached hydrogens (tertiary/aromatic N) is 3. The molecule has 0 saturated carbocycles. The van der Waals surface area contributed by atoms with Gasteiger partial charge in [0.05, 0.1) is 42.9 Å². The number of hydrogen-bond donors (Lipinski definition) is 0. The quantitative estimate of drug-likeness (QED) is 0.342. The van der Waals surface area contributed by atoms with Crippen molar-refractivity contribution in [2.45, 2.75) is 46.1 Å². The molecule has 1 aromatic rings. The van der Waals surface area contributed by atoms with Crippen LogP contribution >= 0.6 is 11.8 Å². The number of hydrogen-bond acceptors (Lipinski definition) is 9. The minimum Gasteiger partial charge on any atom is -0.466 e. The van der Waals surface area contributed by atoms with E-state index in [0.717, 1.165) is 22.0 Å². The van der Waals surface area contributed by atoms with E-state index in [2.05, 4.69) is 0 Å². The van der Waals surface area contributed by atoms with Crippen LogP contribution in [0.4, 0.5) is 0 Å². The summed E-state index contributed by atoms with van der Waals surface area (Å²) in [5.41, 5.74) is 3.85. The number of thioether (sulfide) groups is 1. The number of rotatable bonds is 9. The number of ether oxygens (including phenoxy) is 3. The van der Waals surface area contributed by atoms with E-state index in [4.69, 9.17) is 19.2 Å². The van der Waals surface area contributed by atoms with Crippen LogP contribution in [-0.2, 0) is 28.6 Å². The monoisotopic (exact) mass is 541 g/mol. The number of carbonyl (C=O) groups is 3. The van der Waals surface area contributed by atoms with E-state index in [1.807, 2.05) is 53.3 Å². The Bertz CT molecular complexity index is 1150. The first-order chi connectivity index (χ1) is 18.3. The average Bonchev–Trinajstić information content (AvgIpc) is 3.30. The highest BCUT2D eigenvalue weighted by molar-refractivity contribution is 8.16. The highest BCUT2D eigenvalue weighted by atomic mass is 32.2. The van der Waals surface area contributed by atoms with Gasteiger partial charge in [-0.2, -0.15) is 0 Å². The highest BCUT2D eigenvalue weighted by Gasteiger charge is 2.41. The number of allylic oxidation sites excluding steroid dienone is 1. The molecule has 38 heavy (non-hydrogen) atoms. The van der Waals surface area contributed by atoms with Crippen LogP contribution in [0, 0.1) is 12.8 Å². The number of aryl methyl sites for hydroxylation is 1. The van der Waals surface area contributed by atoms with E-state index < -0.39 is 12.0 Å². The van der Waals surface area contributed by atoms with Crippen molar-refractivity contribution in [1.29, 1.82) is 0 Å². The number of aliphatic imine (C=N–C) groups is 1. The number of piperidine rings is 1. The van der Waals surface area contributed by atoms with Gasteiger partial charge in [-0.05, 0) is 44.6 Å². The molecule has 0 radical (unpaired) electrons. The van der Waals surface area contributed by atoms with Crippen molar-refractivity contribution in [3.63, 3.8) is 0 Å². The number of amides is 1. The fourth-order valence-corrected chi connectivity index (χ4v) is 5.85. The van der Waals surface area contributed by atoms with Gasteiger partial charge in [-0.25, -0.2) is 9.79 Å². The third-order valence-corrected chi connectivity index (χ3v) is 7.82. The van der Waals surface area contributed by atoms with Crippen molar-refractivity contribution in [3.8, 4) is 0 Å². The molecular formula is C28H35N3O6S. The summed E-state index contributed by atoms with van der Waals surface area (Å²) in [6.07, 6.45) is 1.36. The molecule has 1 fully saturated rings. The SMILES string of the molecule is CCOC(=O)C1CCN(C(=O)CC2=CSC3=NC(C)=C(C(=O)OCCOC)[C@@H](c4ccc(C)cc4)N23)CC1. The first-order valence-electron chi connectivity index (χ1n) is 13.0. The molecule has 0 spiro atoms. The Morgan fingerprint density at radius 1 is 1.05 bits per heavy atom. The summed E-state index contributed by atoms with van der Waals surface area (Å²) in [6, 6.07) is 7.55. The molecule has 3 aliphatic rings. The maximum atomic E-state index is 13.3. The smallest absolute Gasteiger partial charge is 0.338 e. The Balaban J connectivity index is 1.54. The molecule has 1 saturated heterocycles. The molecule has 9 nitrogen and oxygen atoms in total.